The average molecular weight is 244 g/mol. The molecule has 0 atom stereocenters. The monoisotopic (exact) mass is 244 g/mol. The molecule has 0 unspecified atom stereocenters. The fourth-order valence-corrected chi connectivity index (χ4v) is 2.76. The van der Waals surface area contributed by atoms with Crippen molar-refractivity contribution in [3.63, 3.8) is 0 Å². The van der Waals surface area contributed by atoms with Crippen LogP contribution in [0.4, 0.5) is 5.95 Å². The van der Waals surface area contributed by atoms with Crippen molar-refractivity contribution in [1.82, 2.24) is 14.6 Å². The van der Waals surface area contributed by atoms with Crippen LogP contribution in [0.15, 0.2) is 18.3 Å². The minimum atomic E-state index is 0.424. The lowest BCUT2D eigenvalue weighted by atomic mass is 9.89. The number of aryl methyl sites for hydroxylation is 1. The normalized spacial score (nSPS) is 18.3. The quantitative estimate of drug-likeness (QED) is 0.902. The van der Waals surface area contributed by atoms with Crippen LogP contribution < -0.4 is 5.32 Å². The van der Waals surface area contributed by atoms with Gasteiger partial charge in [0, 0.05) is 12.7 Å². The van der Waals surface area contributed by atoms with E-state index in [0.717, 1.165) is 18.1 Å². The number of fused-ring (bicyclic) bond motifs is 1. The summed E-state index contributed by atoms with van der Waals surface area (Å²) < 4.78 is 1.84. The number of hydrogen-bond acceptors (Lipinski definition) is 3. The number of aromatic nitrogens is 3. The van der Waals surface area contributed by atoms with E-state index in [1.54, 1.807) is 0 Å². The van der Waals surface area contributed by atoms with Crippen LogP contribution in [0.5, 0.6) is 0 Å². The molecular formula is C14H20N4. The Kier molecular flexibility index (Phi) is 2.73. The summed E-state index contributed by atoms with van der Waals surface area (Å²) in [4.78, 5) is 4.49. The summed E-state index contributed by atoms with van der Waals surface area (Å²) in [5.41, 5.74) is 2.52. The topological polar surface area (TPSA) is 42.2 Å². The Hall–Kier alpha value is -1.58. The molecule has 2 aromatic heterocycles. The molecule has 4 nitrogen and oxygen atoms in total. The Labute approximate surface area is 107 Å². The lowest BCUT2D eigenvalue weighted by Gasteiger charge is -2.22. The van der Waals surface area contributed by atoms with E-state index in [9.17, 15) is 0 Å². The predicted molar refractivity (Wildman–Crippen MR) is 72.8 cm³/mol. The number of nitrogens with one attached hydrogen (secondary N) is 1. The molecule has 1 N–H and O–H groups in total. The number of nitrogens with zero attached hydrogens (tertiary/aromatic N) is 3. The maximum atomic E-state index is 4.49. The van der Waals surface area contributed by atoms with Gasteiger partial charge in [-0.25, -0.2) is 4.52 Å². The van der Waals surface area contributed by atoms with Crippen LogP contribution in [0.1, 0.15) is 38.2 Å². The molecule has 3 rings (SSSR count). The van der Waals surface area contributed by atoms with Crippen molar-refractivity contribution < 1.29 is 0 Å². The van der Waals surface area contributed by atoms with Crippen molar-refractivity contribution in [2.75, 3.05) is 11.9 Å². The third-order valence-corrected chi connectivity index (χ3v) is 3.96. The van der Waals surface area contributed by atoms with E-state index in [1.165, 1.54) is 31.2 Å². The van der Waals surface area contributed by atoms with Crippen molar-refractivity contribution >= 4 is 11.6 Å². The van der Waals surface area contributed by atoms with Crippen LogP contribution in [0.2, 0.25) is 0 Å². The van der Waals surface area contributed by atoms with Crippen LogP contribution in [0.25, 0.3) is 5.65 Å². The lowest BCUT2D eigenvalue weighted by molar-refractivity contribution is 0.361. The molecule has 4 heteroatoms. The SMILES string of the molecule is Cc1ccc2nc(NCC3(C)CCCC3)nn2c1. The van der Waals surface area contributed by atoms with Gasteiger partial charge < -0.3 is 5.32 Å². The first kappa shape index (κ1) is 11.5. The summed E-state index contributed by atoms with van der Waals surface area (Å²) in [6.07, 6.45) is 7.34. The van der Waals surface area contributed by atoms with Crippen molar-refractivity contribution in [1.29, 1.82) is 0 Å². The molecule has 0 aromatic carbocycles. The van der Waals surface area contributed by atoms with Gasteiger partial charge in [0.1, 0.15) is 0 Å². The van der Waals surface area contributed by atoms with E-state index in [4.69, 9.17) is 0 Å². The molecule has 0 radical (unpaired) electrons. The van der Waals surface area contributed by atoms with Gasteiger partial charge in [-0.3, -0.25) is 0 Å². The van der Waals surface area contributed by atoms with E-state index in [-0.39, 0.29) is 0 Å². The molecule has 0 amide bonds. The van der Waals surface area contributed by atoms with Crippen LogP contribution in [-0.2, 0) is 0 Å². The molecule has 0 saturated heterocycles. The van der Waals surface area contributed by atoms with Crippen molar-refractivity contribution in [2.24, 2.45) is 5.41 Å². The minimum Gasteiger partial charge on any atom is -0.352 e. The van der Waals surface area contributed by atoms with Gasteiger partial charge in [-0.15, -0.1) is 5.10 Å². The smallest absolute Gasteiger partial charge is 0.243 e. The lowest BCUT2D eigenvalue weighted by Crippen LogP contribution is -2.23. The molecule has 0 aliphatic heterocycles. The highest BCUT2D eigenvalue weighted by molar-refractivity contribution is 5.44. The van der Waals surface area contributed by atoms with Crippen molar-refractivity contribution in [2.45, 2.75) is 39.5 Å². The third kappa shape index (κ3) is 2.19. The summed E-state index contributed by atoms with van der Waals surface area (Å²) in [7, 11) is 0. The third-order valence-electron chi connectivity index (χ3n) is 3.96. The molecule has 0 spiro atoms. The highest BCUT2D eigenvalue weighted by Crippen LogP contribution is 2.37. The van der Waals surface area contributed by atoms with Gasteiger partial charge in [0.05, 0.1) is 0 Å². The van der Waals surface area contributed by atoms with E-state index in [0.29, 0.717) is 5.41 Å². The standard InChI is InChI=1S/C14H20N4/c1-11-5-6-12-16-13(17-18(12)9-11)15-10-14(2)7-3-4-8-14/h5-6,9H,3-4,7-8,10H2,1-2H3,(H,15,17). The second kappa shape index (κ2) is 4.26. The fraction of sp³-hybridized carbons (Fsp3) is 0.571. The largest absolute Gasteiger partial charge is 0.352 e. The second-order valence-electron chi connectivity index (χ2n) is 5.82. The molecule has 0 bridgehead atoms. The summed E-state index contributed by atoms with van der Waals surface area (Å²) in [6.45, 7) is 5.39. The summed E-state index contributed by atoms with van der Waals surface area (Å²) in [5, 5.41) is 7.85. The molecule has 1 fully saturated rings. The van der Waals surface area contributed by atoms with Gasteiger partial charge in [-0.2, -0.15) is 4.98 Å². The fourth-order valence-electron chi connectivity index (χ4n) is 2.76. The first-order valence-corrected chi connectivity index (χ1v) is 6.72. The highest BCUT2D eigenvalue weighted by atomic mass is 15.3. The maximum absolute atomic E-state index is 4.49. The van der Waals surface area contributed by atoms with Crippen molar-refractivity contribution in [3.05, 3.63) is 23.9 Å². The highest BCUT2D eigenvalue weighted by Gasteiger charge is 2.28. The minimum absolute atomic E-state index is 0.424. The van der Waals surface area contributed by atoms with Crippen LogP contribution >= 0.6 is 0 Å². The molecule has 2 aromatic rings. The molecule has 1 saturated carbocycles. The van der Waals surface area contributed by atoms with E-state index >= 15 is 0 Å². The van der Waals surface area contributed by atoms with E-state index in [2.05, 4.69) is 35.3 Å². The second-order valence-corrected chi connectivity index (χ2v) is 5.82. The molecule has 96 valence electrons. The number of anilines is 1. The zero-order chi connectivity index (χ0) is 12.6. The van der Waals surface area contributed by atoms with Crippen LogP contribution in [0, 0.1) is 12.3 Å². The Morgan fingerprint density at radius 1 is 1.33 bits per heavy atom. The zero-order valence-electron chi connectivity index (χ0n) is 11.1. The Morgan fingerprint density at radius 2 is 2.11 bits per heavy atom. The molecule has 1 aliphatic rings. The first-order chi connectivity index (χ1) is 8.65. The summed E-state index contributed by atoms with van der Waals surface area (Å²) in [5.74, 6) is 0.744. The van der Waals surface area contributed by atoms with E-state index in [1.807, 2.05) is 16.8 Å². The van der Waals surface area contributed by atoms with Gasteiger partial charge >= 0.3 is 0 Å². The maximum Gasteiger partial charge on any atom is 0.243 e. The Morgan fingerprint density at radius 3 is 2.89 bits per heavy atom. The summed E-state index contributed by atoms with van der Waals surface area (Å²) in [6, 6.07) is 4.07. The Bertz CT molecular complexity index is 552. The molecule has 2 heterocycles. The molecular weight excluding hydrogens is 224 g/mol. The van der Waals surface area contributed by atoms with Crippen LogP contribution in [0.3, 0.4) is 0 Å². The number of pyridine rings is 1. The predicted octanol–water partition coefficient (Wildman–Crippen LogP) is 3.03. The van der Waals surface area contributed by atoms with Crippen LogP contribution in [-0.4, -0.2) is 21.1 Å². The summed E-state index contributed by atoms with van der Waals surface area (Å²) >= 11 is 0. The number of hydrogen-bond donors (Lipinski definition) is 1. The van der Waals surface area contributed by atoms with Gasteiger partial charge in [0.25, 0.3) is 0 Å². The average Bonchev–Trinajstić information content (AvgIpc) is 2.93. The Balaban J connectivity index is 1.74. The first-order valence-electron chi connectivity index (χ1n) is 6.72. The van der Waals surface area contributed by atoms with Gasteiger partial charge in [0.2, 0.25) is 5.95 Å². The van der Waals surface area contributed by atoms with E-state index < -0.39 is 0 Å². The van der Waals surface area contributed by atoms with Gasteiger partial charge in [0.15, 0.2) is 5.65 Å². The molecule has 1 aliphatic carbocycles. The van der Waals surface area contributed by atoms with Gasteiger partial charge in [-0.05, 0) is 36.8 Å². The van der Waals surface area contributed by atoms with Crippen molar-refractivity contribution in [3.8, 4) is 0 Å². The number of rotatable bonds is 3. The zero-order valence-corrected chi connectivity index (χ0v) is 11.1. The van der Waals surface area contributed by atoms with Gasteiger partial charge in [-0.1, -0.05) is 25.8 Å². The molecule has 18 heavy (non-hydrogen) atoms.